The SMILES string of the molecule is CC(C)CC(=O)N1CCc2nc(NC(=O)Nc3ccccc3)sc2C1. The average molecular weight is 358 g/mol. The van der Waals surface area contributed by atoms with Crippen molar-refractivity contribution in [1.82, 2.24) is 9.88 Å². The van der Waals surface area contributed by atoms with Gasteiger partial charge in [-0.2, -0.15) is 0 Å². The Kier molecular flexibility index (Phi) is 5.33. The third kappa shape index (κ3) is 4.57. The number of para-hydroxylation sites is 1. The Morgan fingerprint density at radius 1 is 1.24 bits per heavy atom. The fraction of sp³-hybridized carbons (Fsp3) is 0.389. The second-order valence-corrected chi connectivity index (χ2v) is 7.58. The fourth-order valence-corrected chi connectivity index (χ4v) is 3.74. The van der Waals surface area contributed by atoms with Crippen molar-refractivity contribution in [2.75, 3.05) is 17.2 Å². The Morgan fingerprint density at radius 2 is 2.00 bits per heavy atom. The number of urea groups is 1. The highest BCUT2D eigenvalue weighted by Gasteiger charge is 2.24. The van der Waals surface area contributed by atoms with Gasteiger partial charge in [-0.1, -0.05) is 43.4 Å². The van der Waals surface area contributed by atoms with Crippen LogP contribution in [-0.2, 0) is 17.8 Å². The highest BCUT2D eigenvalue weighted by Crippen LogP contribution is 2.29. The maximum Gasteiger partial charge on any atom is 0.325 e. The molecule has 2 aromatic rings. The summed E-state index contributed by atoms with van der Waals surface area (Å²) in [5, 5.41) is 6.12. The summed E-state index contributed by atoms with van der Waals surface area (Å²) in [6, 6.07) is 8.95. The molecule has 2 N–H and O–H groups in total. The van der Waals surface area contributed by atoms with Crippen molar-refractivity contribution in [3.05, 3.63) is 40.9 Å². The van der Waals surface area contributed by atoms with Gasteiger partial charge in [-0.3, -0.25) is 10.1 Å². The Morgan fingerprint density at radius 3 is 2.72 bits per heavy atom. The maximum absolute atomic E-state index is 12.2. The average Bonchev–Trinajstić information content (AvgIpc) is 2.96. The summed E-state index contributed by atoms with van der Waals surface area (Å²) in [7, 11) is 0. The topological polar surface area (TPSA) is 74.3 Å². The Hall–Kier alpha value is -2.41. The normalized spacial score (nSPS) is 13.5. The number of benzene rings is 1. The zero-order chi connectivity index (χ0) is 17.8. The first kappa shape index (κ1) is 17.4. The molecule has 0 spiro atoms. The van der Waals surface area contributed by atoms with Crippen LogP contribution in [0, 0.1) is 5.92 Å². The second-order valence-electron chi connectivity index (χ2n) is 6.50. The van der Waals surface area contributed by atoms with Crippen molar-refractivity contribution >= 4 is 34.1 Å². The van der Waals surface area contributed by atoms with Crippen molar-refractivity contribution < 1.29 is 9.59 Å². The van der Waals surface area contributed by atoms with E-state index < -0.39 is 0 Å². The summed E-state index contributed by atoms with van der Waals surface area (Å²) in [6.07, 6.45) is 1.30. The van der Waals surface area contributed by atoms with E-state index in [0.29, 0.717) is 30.6 Å². The minimum atomic E-state index is -0.315. The molecule has 3 rings (SSSR count). The molecule has 3 amide bonds. The van der Waals surface area contributed by atoms with E-state index in [9.17, 15) is 9.59 Å². The van der Waals surface area contributed by atoms with Crippen LogP contribution in [-0.4, -0.2) is 28.4 Å². The number of nitrogens with zero attached hydrogens (tertiary/aromatic N) is 2. The van der Waals surface area contributed by atoms with Crippen molar-refractivity contribution in [3.8, 4) is 0 Å². The van der Waals surface area contributed by atoms with Crippen LogP contribution in [0.5, 0.6) is 0 Å². The molecule has 6 nitrogen and oxygen atoms in total. The van der Waals surface area contributed by atoms with Crippen molar-refractivity contribution in [2.45, 2.75) is 33.2 Å². The molecule has 1 aliphatic rings. The molecule has 1 aromatic carbocycles. The molecule has 2 heterocycles. The molecule has 0 saturated carbocycles. The number of thiazole rings is 1. The fourth-order valence-electron chi connectivity index (χ4n) is 2.72. The second kappa shape index (κ2) is 7.65. The van der Waals surface area contributed by atoms with Gasteiger partial charge in [0.1, 0.15) is 0 Å². The lowest BCUT2D eigenvalue weighted by Crippen LogP contribution is -2.36. The standard InChI is InChI=1S/C18H22N4O2S/c1-12(2)10-16(23)22-9-8-14-15(11-22)25-18(20-14)21-17(24)19-13-6-4-3-5-7-13/h3-7,12H,8-11H2,1-2H3,(H2,19,20,21,24). The number of fused-ring (bicyclic) bond motifs is 1. The predicted molar refractivity (Wildman–Crippen MR) is 99.8 cm³/mol. The maximum atomic E-state index is 12.2. The summed E-state index contributed by atoms with van der Waals surface area (Å²) >= 11 is 1.44. The van der Waals surface area contributed by atoms with E-state index in [0.717, 1.165) is 22.7 Å². The summed E-state index contributed by atoms with van der Waals surface area (Å²) < 4.78 is 0. The quantitative estimate of drug-likeness (QED) is 0.875. The number of hydrogen-bond donors (Lipinski definition) is 2. The van der Waals surface area contributed by atoms with E-state index in [-0.39, 0.29) is 11.9 Å². The smallest absolute Gasteiger partial charge is 0.325 e. The van der Waals surface area contributed by atoms with Crippen molar-refractivity contribution in [1.29, 1.82) is 0 Å². The molecule has 1 aromatic heterocycles. The summed E-state index contributed by atoms with van der Waals surface area (Å²) in [5.41, 5.74) is 1.71. The first-order valence-corrected chi connectivity index (χ1v) is 9.22. The molecule has 1 aliphatic heterocycles. The van der Waals surface area contributed by atoms with E-state index in [1.54, 1.807) is 0 Å². The van der Waals surface area contributed by atoms with Crippen LogP contribution < -0.4 is 10.6 Å². The highest BCUT2D eigenvalue weighted by molar-refractivity contribution is 7.15. The minimum absolute atomic E-state index is 0.186. The van der Waals surface area contributed by atoms with Gasteiger partial charge < -0.3 is 10.2 Å². The van der Waals surface area contributed by atoms with Gasteiger partial charge in [0.25, 0.3) is 0 Å². The van der Waals surface area contributed by atoms with Gasteiger partial charge in [0.15, 0.2) is 5.13 Å². The molecule has 0 radical (unpaired) electrons. The Labute approximate surface area is 151 Å². The number of hydrogen-bond acceptors (Lipinski definition) is 4. The van der Waals surface area contributed by atoms with Crippen LogP contribution in [0.2, 0.25) is 0 Å². The van der Waals surface area contributed by atoms with Gasteiger partial charge in [0.2, 0.25) is 5.91 Å². The summed E-state index contributed by atoms with van der Waals surface area (Å²) in [4.78, 5) is 31.7. The molecular weight excluding hydrogens is 336 g/mol. The molecule has 7 heteroatoms. The number of anilines is 2. The van der Waals surface area contributed by atoms with E-state index >= 15 is 0 Å². The number of carbonyl (C=O) groups excluding carboxylic acids is 2. The van der Waals surface area contributed by atoms with E-state index in [4.69, 9.17) is 0 Å². The largest absolute Gasteiger partial charge is 0.337 e. The highest BCUT2D eigenvalue weighted by atomic mass is 32.1. The van der Waals surface area contributed by atoms with Crippen LogP contribution >= 0.6 is 11.3 Å². The molecule has 132 valence electrons. The third-order valence-electron chi connectivity index (χ3n) is 3.92. The van der Waals surface area contributed by atoms with Crippen LogP contribution in [0.3, 0.4) is 0 Å². The lowest BCUT2D eigenvalue weighted by molar-refractivity contribution is -0.132. The first-order valence-electron chi connectivity index (χ1n) is 8.40. The molecule has 0 fully saturated rings. The number of carbonyl (C=O) groups is 2. The zero-order valence-corrected chi connectivity index (χ0v) is 15.2. The van der Waals surface area contributed by atoms with Crippen molar-refractivity contribution in [3.63, 3.8) is 0 Å². The Bertz CT molecular complexity index is 758. The number of rotatable bonds is 4. The van der Waals surface area contributed by atoms with E-state index in [1.165, 1.54) is 11.3 Å². The lowest BCUT2D eigenvalue weighted by atomic mass is 10.1. The zero-order valence-electron chi connectivity index (χ0n) is 14.4. The van der Waals surface area contributed by atoms with Gasteiger partial charge >= 0.3 is 6.03 Å². The number of amides is 3. The van der Waals surface area contributed by atoms with Gasteiger partial charge in [-0.25, -0.2) is 9.78 Å². The molecule has 0 aliphatic carbocycles. The molecule has 0 atom stereocenters. The van der Waals surface area contributed by atoms with Crippen LogP contribution in [0.1, 0.15) is 30.8 Å². The molecule has 0 unspecified atom stereocenters. The Balaban J connectivity index is 1.60. The molecular formula is C18H22N4O2S. The summed E-state index contributed by atoms with van der Waals surface area (Å²) in [5.74, 6) is 0.541. The predicted octanol–water partition coefficient (Wildman–Crippen LogP) is 3.72. The third-order valence-corrected chi connectivity index (χ3v) is 4.92. The van der Waals surface area contributed by atoms with Crippen LogP contribution in [0.4, 0.5) is 15.6 Å². The number of nitrogens with one attached hydrogen (secondary N) is 2. The number of aromatic nitrogens is 1. The van der Waals surface area contributed by atoms with Crippen LogP contribution in [0.25, 0.3) is 0 Å². The van der Waals surface area contributed by atoms with Gasteiger partial charge in [0, 0.05) is 30.0 Å². The first-order chi connectivity index (χ1) is 12.0. The van der Waals surface area contributed by atoms with Gasteiger partial charge in [-0.05, 0) is 18.1 Å². The van der Waals surface area contributed by atoms with Gasteiger partial charge in [0.05, 0.1) is 12.2 Å². The van der Waals surface area contributed by atoms with E-state index in [2.05, 4.69) is 15.6 Å². The van der Waals surface area contributed by atoms with Gasteiger partial charge in [-0.15, -0.1) is 0 Å². The monoisotopic (exact) mass is 358 g/mol. The minimum Gasteiger partial charge on any atom is -0.337 e. The lowest BCUT2D eigenvalue weighted by Gasteiger charge is -2.26. The molecule has 0 bridgehead atoms. The molecule has 0 saturated heterocycles. The van der Waals surface area contributed by atoms with Crippen LogP contribution in [0.15, 0.2) is 30.3 Å². The van der Waals surface area contributed by atoms with E-state index in [1.807, 2.05) is 49.1 Å². The molecule has 25 heavy (non-hydrogen) atoms. The van der Waals surface area contributed by atoms with Crippen molar-refractivity contribution in [2.24, 2.45) is 5.92 Å². The summed E-state index contributed by atoms with van der Waals surface area (Å²) in [6.45, 7) is 5.37.